The van der Waals surface area contributed by atoms with Crippen molar-refractivity contribution in [2.45, 2.75) is 31.0 Å². The second kappa shape index (κ2) is 9.23. The molecule has 1 fully saturated rings. The second-order valence-corrected chi connectivity index (χ2v) is 10.9. The van der Waals surface area contributed by atoms with Crippen molar-refractivity contribution < 1.29 is 65.0 Å². The number of aliphatic hydroxyl groups is 1. The van der Waals surface area contributed by atoms with Crippen LogP contribution in [-0.2, 0) is 31.6 Å². The molecule has 7 N–H and O–H groups in total. The number of phosphoric ester groups is 1. The first-order chi connectivity index (χ1) is 14.8. The Labute approximate surface area is 182 Å². The summed E-state index contributed by atoms with van der Waals surface area (Å²) in [5, 5.41) is 10.2. The number of halogens is 2. The number of anilines is 1. The van der Waals surface area contributed by atoms with E-state index in [1.165, 1.54) is 0 Å². The summed E-state index contributed by atoms with van der Waals surface area (Å²) in [7, 11) is -17.1. The third-order valence-corrected chi connectivity index (χ3v) is 7.80. The van der Waals surface area contributed by atoms with Crippen molar-refractivity contribution in [3.63, 3.8) is 0 Å². The minimum absolute atomic E-state index is 0.222. The molecule has 0 amide bonds. The zero-order valence-corrected chi connectivity index (χ0v) is 18.8. The summed E-state index contributed by atoms with van der Waals surface area (Å²) in [6.07, 6.45) is -1.14. The molecule has 0 saturated carbocycles. The van der Waals surface area contributed by atoms with Gasteiger partial charge in [-0.1, -0.05) is 0 Å². The Hall–Kier alpha value is -1.57. The molecule has 1 aliphatic rings. The molecule has 0 aromatic carbocycles. The van der Waals surface area contributed by atoms with Crippen LogP contribution >= 0.6 is 23.5 Å². The molecular formula is C12H16F2N3O13P3. The van der Waals surface area contributed by atoms with Gasteiger partial charge in [0.1, 0.15) is 17.9 Å². The summed E-state index contributed by atoms with van der Waals surface area (Å²) in [6.45, 7) is -0.556. The molecule has 2 rings (SSSR count). The number of alkyl halides is 1. The van der Waals surface area contributed by atoms with Gasteiger partial charge in [-0.05, 0) is 12.8 Å². The Bertz CT molecular complexity index is 1180. The van der Waals surface area contributed by atoms with Gasteiger partial charge in [0.15, 0.2) is 23.5 Å². The molecule has 2 unspecified atom stereocenters. The van der Waals surface area contributed by atoms with Crippen molar-refractivity contribution in [3.05, 3.63) is 22.0 Å². The summed E-state index contributed by atoms with van der Waals surface area (Å²) in [5.41, 5.74) is 0.0327. The van der Waals surface area contributed by atoms with Crippen LogP contribution in [0.2, 0.25) is 0 Å². The first-order valence-electron chi connectivity index (χ1n) is 8.16. The van der Waals surface area contributed by atoms with E-state index in [0.717, 1.165) is 0 Å². The minimum atomic E-state index is -5.83. The standard InChI is InChI=1S/C12H16F2N3O13P3/c1-3-5-7(13)9(15)16-11(19)17(5)10-12(2,14)8(18)6(28-10)4-27-32(23,24)30-33(25,26)29-31(20,21)22/h1,6,8,10,18H,4H2,2H3,(H,23,24)(H,25,26)(H2,15,16,19)(H2,20,21,22)/t6-,8+,10-,12-/m1/s1. The first-order valence-corrected chi connectivity index (χ1v) is 12.7. The predicted octanol–water partition coefficient (Wildman–Crippen LogP) is -0.724. The van der Waals surface area contributed by atoms with Crippen LogP contribution in [0.25, 0.3) is 0 Å². The van der Waals surface area contributed by atoms with Crippen LogP contribution in [0, 0.1) is 18.2 Å². The van der Waals surface area contributed by atoms with Crippen LogP contribution in [0.15, 0.2) is 4.79 Å². The largest absolute Gasteiger partial charge is 0.490 e. The molecule has 1 aromatic heterocycles. The summed E-state index contributed by atoms with van der Waals surface area (Å²) in [6, 6.07) is 0. The molecule has 0 spiro atoms. The predicted molar refractivity (Wildman–Crippen MR) is 100 cm³/mol. The van der Waals surface area contributed by atoms with E-state index in [2.05, 4.69) is 18.1 Å². The second-order valence-electron chi connectivity index (χ2n) is 6.47. The number of terminal acetylenes is 1. The summed E-state index contributed by atoms with van der Waals surface area (Å²) in [4.78, 5) is 50.8. The molecule has 6 atom stereocenters. The number of aromatic nitrogens is 2. The van der Waals surface area contributed by atoms with Gasteiger partial charge in [-0.3, -0.25) is 9.09 Å². The average Bonchev–Trinajstić information content (AvgIpc) is 2.83. The zero-order valence-electron chi connectivity index (χ0n) is 16.1. The summed E-state index contributed by atoms with van der Waals surface area (Å²) in [5.74, 6) is -0.510. The highest BCUT2D eigenvalue weighted by Gasteiger charge is 2.56. The van der Waals surface area contributed by atoms with Crippen molar-refractivity contribution >= 4 is 29.3 Å². The third kappa shape index (κ3) is 6.31. The molecule has 2 heterocycles. The van der Waals surface area contributed by atoms with Crippen LogP contribution in [0.5, 0.6) is 0 Å². The maximum Gasteiger partial charge on any atom is 0.490 e. The van der Waals surface area contributed by atoms with Crippen LogP contribution in [0.3, 0.4) is 0 Å². The van der Waals surface area contributed by atoms with E-state index in [9.17, 15) is 32.9 Å². The van der Waals surface area contributed by atoms with E-state index in [0.29, 0.717) is 6.92 Å². The minimum Gasteiger partial charge on any atom is -0.387 e. The highest BCUT2D eigenvalue weighted by atomic mass is 31.3. The monoisotopic (exact) mass is 541 g/mol. The maximum absolute atomic E-state index is 15.2. The molecule has 1 saturated heterocycles. The van der Waals surface area contributed by atoms with Crippen LogP contribution in [0.4, 0.5) is 14.6 Å². The van der Waals surface area contributed by atoms with E-state index in [-0.39, 0.29) is 4.57 Å². The number of aliphatic hydroxyl groups excluding tert-OH is 1. The number of hydrogen-bond acceptors (Lipinski definition) is 11. The first kappa shape index (κ1) is 27.7. The number of nitrogen functional groups attached to an aromatic ring is 1. The van der Waals surface area contributed by atoms with Gasteiger partial charge in [0.2, 0.25) is 0 Å². The number of phosphoric acid groups is 3. The molecule has 21 heteroatoms. The topological polar surface area (TPSA) is 250 Å². The lowest BCUT2D eigenvalue weighted by atomic mass is 9.98. The van der Waals surface area contributed by atoms with Gasteiger partial charge >= 0.3 is 29.2 Å². The smallest absolute Gasteiger partial charge is 0.387 e. The van der Waals surface area contributed by atoms with Gasteiger partial charge in [0.25, 0.3) is 0 Å². The van der Waals surface area contributed by atoms with Crippen molar-refractivity contribution in [2.24, 2.45) is 0 Å². The highest BCUT2D eigenvalue weighted by molar-refractivity contribution is 7.66. The van der Waals surface area contributed by atoms with Crippen LogP contribution in [0.1, 0.15) is 18.8 Å². The van der Waals surface area contributed by atoms with Crippen molar-refractivity contribution in [1.29, 1.82) is 0 Å². The third-order valence-electron chi connectivity index (χ3n) is 4.00. The number of rotatable bonds is 8. The fraction of sp³-hybridized carbons (Fsp3) is 0.500. The Morgan fingerprint density at radius 2 is 1.85 bits per heavy atom. The normalized spacial score (nSPS) is 29.2. The average molecular weight is 541 g/mol. The van der Waals surface area contributed by atoms with E-state index >= 15 is 4.39 Å². The lowest BCUT2D eigenvalue weighted by Gasteiger charge is -2.26. The summed E-state index contributed by atoms with van der Waals surface area (Å²) >= 11 is 0. The Kier molecular flexibility index (Phi) is 7.74. The van der Waals surface area contributed by atoms with Crippen molar-refractivity contribution in [3.8, 4) is 12.3 Å². The Morgan fingerprint density at radius 3 is 2.36 bits per heavy atom. The number of ether oxygens (including phenoxy) is 1. The van der Waals surface area contributed by atoms with E-state index in [1.54, 1.807) is 5.92 Å². The van der Waals surface area contributed by atoms with Crippen molar-refractivity contribution in [2.75, 3.05) is 12.3 Å². The molecular weight excluding hydrogens is 525 g/mol. The fourth-order valence-electron chi connectivity index (χ4n) is 2.68. The molecule has 0 radical (unpaired) electrons. The van der Waals surface area contributed by atoms with E-state index < -0.39 is 77.2 Å². The maximum atomic E-state index is 15.2. The SMILES string of the molecule is C#Cc1c(F)c(N)nc(=O)n1[C@@H]1O[C@H](COP(=O)(O)OP(=O)(O)OP(=O)(O)O)[C@H](O)[C@@]1(C)F. The summed E-state index contributed by atoms with van der Waals surface area (Å²) < 4.78 is 79.7. The van der Waals surface area contributed by atoms with Gasteiger partial charge in [-0.25, -0.2) is 22.9 Å². The molecule has 0 bridgehead atoms. The number of nitrogens with zero attached hydrogens (tertiary/aromatic N) is 2. The lowest BCUT2D eigenvalue weighted by molar-refractivity contribution is -0.0612. The highest BCUT2D eigenvalue weighted by Crippen LogP contribution is 2.66. The molecule has 16 nitrogen and oxygen atoms in total. The quantitative estimate of drug-likeness (QED) is 0.175. The van der Waals surface area contributed by atoms with Gasteiger partial charge in [0, 0.05) is 0 Å². The fourth-order valence-corrected chi connectivity index (χ4v) is 5.71. The van der Waals surface area contributed by atoms with Gasteiger partial charge < -0.3 is 35.2 Å². The zero-order chi connectivity index (χ0) is 25.6. The van der Waals surface area contributed by atoms with Gasteiger partial charge in [0.05, 0.1) is 6.61 Å². The molecule has 1 aromatic rings. The van der Waals surface area contributed by atoms with Gasteiger partial charge in [-0.15, -0.1) is 6.42 Å². The Morgan fingerprint density at radius 1 is 1.27 bits per heavy atom. The number of nitrogens with two attached hydrogens (primary N) is 1. The van der Waals surface area contributed by atoms with E-state index in [1.807, 2.05) is 0 Å². The number of hydrogen-bond donors (Lipinski definition) is 6. The van der Waals surface area contributed by atoms with Gasteiger partial charge in [-0.2, -0.15) is 18.0 Å². The molecule has 1 aliphatic heterocycles. The van der Waals surface area contributed by atoms with Crippen LogP contribution in [-0.4, -0.2) is 58.7 Å². The Balaban J connectivity index is 2.26. The van der Waals surface area contributed by atoms with Crippen molar-refractivity contribution in [1.82, 2.24) is 9.55 Å². The molecule has 186 valence electrons. The molecule has 33 heavy (non-hydrogen) atoms. The molecule has 0 aliphatic carbocycles. The lowest BCUT2D eigenvalue weighted by Crippen LogP contribution is -2.44. The van der Waals surface area contributed by atoms with E-state index in [4.69, 9.17) is 31.6 Å². The van der Waals surface area contributed by atoms with Crippen LogP contribution < -0.4 is 11.4 Å².